The van der Waals surface area contributed by atoms with E-state index in [1.165, 1.54) is 6.07 Å². The van der Waals surface area contributed by atoms with Crippen molar-refractivity contribution in [2.45, 2.75) is 31.8 Å². The second-order valence-corrected chi connectivity index (χ2v) is 4.23. The van der Waals surface area contributed by atoms with E-state index in [0.29, 0.717) is 11.6 Å². The Hall–Kier alpha value is -1.35. The van der Waals surface area contributed by atoms with Crippen molar-refractivity contribution in [1.29, 1.82) is 0 Å². The molecule has 1 unspecified atom stereocenters. The first-order valence-electron chi connectivity index (χ1n) is 5.56. The zero-order valence-electron chi connectivity index (χ0n) is 9.28. The highest BCUT2D eigenvalue weighted by molar-refractivity contribution is 5.29. The first kappa shape index (κ1) is 11.1. The van der Waals surface area contributed by atoms with Crippen LogP contribution in [0.1, 0.15) is 31.4 Å². The molecular weight excluding hydrogens is 205 g/mol. The van der Waals surface area contributed by atoms with Gasteiger partial charge in [-0.15, -0.1) is 0 Å². The minimum Gasteiger partial charge on any atom is -0.508 e. The van der Waals surface area contributed by atoms with Gasteiger partial charge in [-0.25, -0.2) is 4.39 Å². The fraction of sp³-hybridized carbons (Fsp3) is 0.385. The van der Waals surface area contributed by atoms with Crippen molar-refractivity contribution in [2.75, 3.05) is 0 Å². The van der Waals surface area contributed by atoms with E-state index in [-0.39, 0.29) is 17.6 Å². The Labute approximate surface area is 94.8 Å². The van der Waals surface area contributed by atoms with Crippen LogP contribution in [-0.2, 0) is 0 Å². The number of halogens is 1. The van der Waals surface area contributed by atoms with Crippen LogP contribution in [-0.4, -0.2) is 11.1 Å². The number of nitrogens with one attached hydrogen (secondary N) is 1. The summed E-state index contributed by atoms with van der Waals surface area (Å²) in [6, 6.07) is 4.67. The minimum absolute atomic E-state index is 0.0315. The van der Waals surface area contributed by atoms with Crippen molar-refractivity contribution in [3.8, 4) is 5.75 Å². The molecule has 0 aliphatic heterocycles. The van der Waals surface area contributed by atoms with E-state index in [4.69, 9.17) is 5.11 Å². The predicted molar refractivity (Wildman–Crippen MR) is 61.8 cm³/mol. The maximum absolute atomic E-state index is 13.6. The van der Waals surface area contributed by atoms with Gasteiger partial charge in [-0.3, -0.25) is 0 Å². The second kappa shape index (κ2) is 4.66. The molecule has 1 aliphatic rings. The van der Waals surface area contributed by atoms with Crippen molar-refractivity contribution in [1.82, 2.24) is 5.32 Å². The van der Waals surface area contributed by atoms with Crippen LogP contribution in [0.2, 0.25) is 0 Å². The number of hydrogen-bond acceptors (Lipinski definition) is 2. The summed E-state index contributed by atoms with van der Waals surface area (Å²) in [6.07, 6.45) is 6.28. The summed E-state index contributed by atoms with van der Waals surface area (Å²) in [5, 5.41) is 12.5. The molecule has 1 aromatic carbocycles. The van der Waals surface area contributed by atoms with Gasteiger partial charge in [0, 0.05) is 23.7 Å². The SMILES string of the molecule is CC(NC1CC=CC1)c1ccc(O)cc1F. The van der Waals surface area contributed by atoms with E-state index in [0.717, 1.165) is 18.9 Å². The molecule has 2 rings (SSSR count). The fourth-order valence-electron chi connectivity index (χ4n) is 2.06. The van der Waals surface area contributed by atoms with Gasteiger partial charge in [-0.05, 0) is 25.8 Å². The number of rotatable bonds is 3. The molecular formula is C13H16FNO. The van der Waals surface area contributed by atoms with Gasteiger partial charge in [0.25, 0.3) is 0 Å². The molecule has 0 bridgehead atoms. The van der Waals surface area contributed by atoms with Crippen molar-refractivity contribution in [2.24, 2.45) is 0 Å². The van der Waals surface area contributed by atoms with Gasteiger partial charge in [-0.1, -0.05) is 18.2 Å². The predicted octanol–water partition coefficient (Wildman–Crippen LogP) is 2.90. The lowest BCUT2D eigenvalue weighted by Gasteiger charge is -2.20. The highest BCUT2D eigenvalue weighted by Crippen LogP contribution is 2.23. The lowest BCUT2D eigenvalue weighted by atomic mass is 10.1. The molecule has 1 atom stereocenters. The molecule has 2 N–H and O–H groups in total. The first-order valence-corrected chi connectivity index (χ1v) is 5.56. The molecule has 0 fully saturated rings. The molecule has 1 aromatic rings. The summed E-state index contributed by atoms with van der Waals surface area (Å²) in [6.45, 7) is 1.94. The van der Waals surface area contributed by atoms with E-state index in [9.17, 15) is 4.39 Å². The quantitative estimate of drug-likeness (QED) is 0.769. The van der Waals surface area contributed by atoms with Gasteiger partial charge >= 0.3 is 0 Å². The molecule has 0 radical (unpaired) electrons. The average molecular weight is 221 g/mol. The van der Waals surface area contributed by atoms with Crippen LogP contribution in [0.5, 0.6) is 5.75 Å². The van der Waals surface area contributed by atoms with Gasteiger partial charge in [-0.2, -0.15) is 0 Å². The van der Waals surface area contributed by atoms with Crippen LogP contribution in [0.25, 0.3) is 0 Å². The van der Waals surface area contributed by atoms with Gasteiger partial charge in [0.1, 0.15) is 11.6 Å². The van der Waals surface area contributed by atoms with E-state index >= 15 is 0 Å². The molecule has 0 heterocycles. The fourth-order valence-corrected chi connectivity index (χ4v) is 2.06. The first-order chi connectivity index (χ1) is 7.66. The van der Waals surface area contributed by atoms with E-state index in [2.05, 4.69) is 17.5 Å². The summed E-state index contributed by atoms with van der Waals surface area (Å²) >= 11 is 0. The number of hydrogen-bond donors (Lipinski definition) is 2. The summed E-state index contributed by atoms with van der Waals surface area (Å²) < 4.78 is 13.6. The van der Waals surface area contributed by atoms with E-state index in [1.54, 1.807) is 6.07 Å². The Morgan fingerprint density at radius 1 is 1.38 bits per heavy atom. The zero-order valence-corrected chi connectivity index (χ0v) is 9.28. The highest BCUT2D eigenvalue weighted by Gasteiger charge is 2.16. The summed E-state index contributed by atoms with van der Waals surface area (Å²) in [5.74, 6) is -0.387. The third kappa shape index (κ3) is 2.42. The Morgan fingerprint density at radius 3 is 2.69 bits per heavy atom. The number of aromatic hydroxyl groups is 1. The Morgan fingerprint density at radius 2 is 2.06 bits per heavy atom. The Kier molecular flexibility index (Phi) is 3.25. The molecule has 2 nitrogen and oxygen atoms in total. The summed E-state index contributed by atoms with van der Waals surface area (Å²) in [5.41, 5.74) is 0.602. The molecule has 1 aliphatic carbocycles. The molecule has 0 aromatic heterocycles. The van der Waals surface area contributed by atoms with Crippen LogP contribution in [0.15, 0.2) is 30.4 Å². The Bertz CT molecular complexity index is 395. The van der Waals surface area contributed by atoms with Crippen LogP contribution in [0, 0.1) is 5.82 Å². The molecule has 16 heavy (non-hydrogen) atoms. The second-order valence-electron chi connectivity index (χ2n) is 4.23. The monoisotopic (exact) mass is 221 g/mol. The van der Waals surface area contributed by atoms with Gasteiger partial charge < -0.3 is 10.4 Å². The third-order valence-corrected chi connectivity index (χ3v) is 2.94. The maximum atomic E-state index is 13.6. The van der Waals surface area contributed by atoms with Crippen molar-refractivity contribution in [3.63, 3.8) is 0 Å². The van der Waals surface area contributed by atoms with Crippen molar-refractivity contribution < 1.29 is 9.50 Å². The minimum atomic E-state index is -0.356. The van der Waals surface area contributed by atoms with Crippen LogP contribution < -0.4 is 5.32 Å². The molecule has 0 amide bonds. The standard InChI is InChI=1S/C13H16FNO/c1-9(15-10-4-2-3-5-10)12-7-6-11(16)8-13(12)14/h2-3,6-10,15-16H,4-5H2,1H3. The zero-order chi connectivity index (χ0) is 11.5. The molecule has 86 valence electrons. The number of phenolic OH excluding ortho intramolecular Hbond substituents is 1. The smallest absolute Gasteiger partial charge is 0.131 e. The average Bonchev–Trinajstić information content (AvgIpc) is 2.70. The molecule has 0 saturated carbocycles. The number of phenols is 1. The highest BCUT2D eigenvalue weighted by atomic mass is 19.1. The largest absolute Gasteiger partial charge is 0.508 e. The third-order valence-electron chi connectivity index (χ3n) is 2.94. The lowest BCUT2D eigenvalue weighted by Crippen LogP contribution is -2.29. The maximum Gasteiger partial charge on any atom is 0.131 e. The normalized spacial score (nSPS) is 17.9. The van der Waals surface area contributed by atoms with E-state index < -0.39 is 0 Å². The summed E-state index contributed by atoms with van der Waals surface area (Å²) in [4.78, 5) is 0. The van der Waals surface area contributed by atoms with Gasteiger partial charge in [0.15, 0.2) is 0 Å². The van der Waals surface area contributed by atoms with Crippen LogP contribution >= 0.6 is 0 Å². The molecule has 3 heteroatoms. The topological polar surface area (TPSA) is 32.3 Å². The van der Waals surface area contributed by atoms with Gasteiger partial charge in [0.05, 0.1) is 0 Å². The van der Waals surface area contributed by atoms with Crippen molar-refractivity contribution in [3.05, 3.63) is 41.7 Å². The van der Waals surface area contributed by atoms with Gasteiger partial charge in [0.2, 0.25) is 0 Å². The lowest BCUT2D eigenvalue weighted by molar-refractivity contribution is 0.445. The molecule has 0 spiro atoms. The summed E-state index contributed by atoms with van der Waals surface area (Å²) in [7, 11) is 0. The van der Waals surface area contributed by atoms with Crippen LogP contribution in [0.4, 0.5) is 4.39 Å². The van der Waals surface area contributed by atoms with Crippen LogP contribution in [0.3, 0.4) is 0 Å². The Balaban J connectivity index is 2.05. The van der Waals surface area contributed by atoms with E-state index in [1.807, 2.05) is 6.92 Å². The van der Waals surface area contributed by atoms with Crippen molar-refractivity contribution >= 4 is 0 Å². The number of benzene rings is 1. The molecule has 0 saturated heterocycles.